The van der Waals surface area contributed by atoms with Crippen molar-refractivity contribution in [2.75, 3.05) is 18.5 Å². The number of aromatic amines is 1. The average Bonchev–Trinajstić information content (AvgIpc) is 3.01. The predicted molar refractivity (Wildman–Crippen MR) is 111 cm³/mol. The number of nitrogens with one attached hydrogen (secondary N) is 3. The van der Waals surface area contributed by atoms with Gasteiger partial charge in [0.05, 0.1) is 6.61 Å². The molecule has 1 atom stereocenters. The van der Waals surface area contributed by atoms with Crippen LogP contribution in [0, 0.1) is 5.92 Å². The number of benzene rings is 1. The lowest BCUT2D eigenvalue weighted by atomic mass is 9.91. The Hall–Kier alpha value is -2.27. The maximum absolute atomic E-state index is 12.0. The Morgan fingerprint density at radius 3 is 3.07 bits per heavy atom. The summed E-state index contributed by atoms with van der Waals surface area (Å²) in [5.41, 5.74) is 4.61. The molecule has 5 nitrogen and oxygen atoms in total. The number of hydrogen-bond donors (Lipinski definition) is 3. The van der Waals surface area contributed by atoms with Gasteiger partial charge in [0, 0.05) is 28.3 Å². The summed E-state index contributed by atoms with van der Waals surface area (Å²) < 4.78 is 5.21. The quantitative estimate of drug-likeness (QED) is 0.463. The normalized spacial score (nSPS) is 16.3. The van der Waals surface area contributed by atoms with Gasteiger partial charge in [-0.05, 0) is 68.3 Å². The molecule has 1 aliphatic carbocycles. The van der Waals surface area contributed by atoms with Crippen LogP contribution in [0.3, 0.4) is 0 Å². The molecule has 5 heteroatoms. The van der Waals surface area contributed by atoms with Gasteiger partial charge in [0.2, 0.25) is 0 Å². The molecular formula is C22H31N3O2. The minimum atomic E-state index is -0.403. The number of carbonyl (C=O) groups is 1. The van der Waals surface area contributed by atoms with E-state index < -0.39 is 6.09 Å². The van der Waals surface area contributed by atoms with E-state index >= 15 is 0 Å². The lowest BCUT2D eigenvalue weighted by Gasteiger charge is -2.24. The van der Waals surface area contributed by atoms with Crippen LogP contribution in [-0.4, -0.2) is 30.3 Å². The number of aryl methyl sites for hydroxylation is 1. The molecule has 1 aromatic heterocycles. The number of anilines is 1. The van der Waals surface area contributed by atoms with E-state index in [4.69, 9.17) is 4.74 Å². The average molecular weight is 370 g/mol. The number of carbonyl (C=O) groups excluding carboxylic acids is 1. The molecule has 1 aromatic carbocycles. The van der Waals surface area contributed by atoms with Gasteiger partial charge in [-0.3, -0.25) is 5.32 Å². The van der Waals surface area contributed by atoms with Gasteiger partial charge in [-0.2, -0.15) is 0 Å². The summed E-state index contributed by atoms with van der Waals surface area (Å²) in [6, 6.07) is 6.53. The van der Waals surface area contributed by atoms with Crippen molar-refractivity contribution >= 4 is 22.7 Å². The fourth-order valence-corrected chi connectivity index (χ4v) is 3.62. The van der Waals surface area contributed by atoms with Gasteiger partial charge in [-0.15, -0.1) is 6.58 Å². The second-order valence-electron chi connectivity index (χ2n) is 7.78. The smallest absolute Gasteiger partial charge is 0.411 e. The third-order valence-corrected chi connectivity index (χ3v) is 5.03. The number of rotatable bonds is 8. The third-order valence-electron chi connectivity index (χ3n) is 5.03. The first-order valence-corrected chi connectivity index (χ1v) is 9.98. The summed E-state index contributed by atoms with van der Waals surface area (Å²) in [7, 11) is 0. The second kappa shape index (κ2) is 9.09. The van der Waals surface area contributed by atoms with Crippen LogP contribution in [0.1, 0.15) is 44.4 Å². The van der Waals surface area contributed by atoms with E-state index in [2.05, 4.69) is 42.1 Å². The Balaban J connectivity index is 1.67. The summed E-state index contributed by atoms with van der Waals surface area (Å²) in [4.78, 5) is 15.5. The first kappa shape index (κ1) is 19.5. The third kappa shape index (κ3) is 5.13. The molecule has 27 heavy (non-hydrogen) atoms. The van der Waals surface area contributed by atoms with E-state index in [-0.39, 0.29) is 0 Å². The van der Waals surface area contributed by atoms with Crippen molar-refractivity contribution in [1.82, 2.24) is 10.3 Å². The van der Waals surface area contributed by atoms with Gasteiger partial charge in [0.1, 0.15) is 0 Å². The molecule has 0 radical (unpaired) electrons. The molecule has 0 fully saturated rings. The fraction of sp³-hybridized carbons (Fsp3) is 0.500. The van der Waals surface area contributed by atoms with Crippen LogP contribution in [0.5, 0.6) is 0 Å². The van der Waals surface area contributed by atoms with E-state index in [1.54, 1.807) is 0 Å². The Kier molecular flexibility index (Phi) is 6.56. The number of unbranched alkanes of at least 4 members (excludes halogenated alkanes) is 1. The largest absolute Gasteiger partial charge is 0.449 e. The number of ether oxygens (including phenoxy) is 1. The molecule has 0 aliphatic heterocycles. The molecule has 3 N–H and O–H groups in total. The van der Waals surface area contributed by atoms with Crippen LogP contribution in [0.25, 0.3) is 10.9 Å². The molecule has 3 rings (SSSR count). The van der Waals surface area contributed by atoms with Gasteiger partial charge in [-0.25, -0.2) is 4.79 Å². The van der Waals surface area contributed by atoms with Gasteiger partial charge in [0.15, 0.2) is 0 Å². The number of H-pyrrole nitrogens is 1. The highest BCUT2D eigenvalue weighted by atomic mass is 16.5. The van der Waals surface area contributed by atoms with Gasteiger partial charge >= 0.3 is 6.09 Å². The summed E-state index contributed by atoms with van der Waals surface area (Å²) in [6.45, 7) is 9.59. The minimum absolute atomic E-state index is 0.403. The highest BCUT2D eigenvalue weighted by Crippen LogP contribution is 2.31. The van der Waals surface area contributed by atoms with Crippen LogP contribution in [0.4, 0.5) is 10.5 Å². The summed E-state index contributed by atoms with van der Waals surface area (Å²) >= 11 is 0. The first-order chi connectivity index (χ1) is 13.1. The second-order valence-corrected chi connectivity index (χ2v) is 7.78. The van der Waals surface area contributed by atoms with Crippen LogP contribution >= 0.6 is 0 Å². The molecule has 1 amide bonds. The molecule has 1 aliphatic rings. The molecule has 0 spiro atoms. The summed E-state index contributed by atoms with van der Waals surface area (Å²) in [5, 5.41) is 7.73. The van der Waals surface area contributed by atoms with Crippen molar-refractivity contribution in [2.45, 2.75) is 52.0 Å². The van der Waals surface area contributed by atoms with E-state index in [9.17, 15) is 4.79 Å². The monoisotopic (exact) mass is 369 g/mol. The van der Waals surface area contributed by atoms with Crippen LogP contribution < -0.4 is 10.6 Å². The van der Waals surface area contributed by atoms with Gasteiger partial charge < -0.3 is 15.0 Å². The van der Waals surface area contributed by atoms with Crippen LogP contribution in [0.2, 0.25) is 0 Å². The number of amides is 1. The van der Waals surface area contributed by atoms with Crippen molar-refractivity contribution < 1.29 is 9.53 Å². The SMILES string of the molecule is C=CCCCOC(=O)Nc1ccc2[nH]c3c(c2c1)CC(NCC(C)C)CC3. The minimum Gasteiger partial charge on any atom is -0.449 e. The Bertz CT molecular complexity index is 794. The van der Waals surface area contributed by atoms with Crippen molar-refractivity contribution in [3.8, 4) is 0 Å². The van der Waals surface area contributed by atoms with Crippen molar-refractivity contribution in [3.63, 3.8) is 0 Å². The standard InChI is InChI=1S/C22H31N3O2/c1-4-5-6-11-27-22(26)24-17-8-10-21-19(13-17)18-12-16(23-14-15(2)3)7-9-20(18)25-21/h4,8,10,13,15-16,23,25H,1,5-7,9,11-12,14H2,2-3H3,(H,24,26). The number of allylic oxidation sites excluding steroid dienone is 1. The van der Waals surface area contributed by atoms with Gasteiger partial charge in [0.25, 0.3) is 0 Å². The lowest BCUT2D eigenvalue weighted by molar-refractivity contribution is 0.160. The molecule has 0 bridgehead atoms. The van der Waals surface area contributed by atoms with Crippen molar-refractivity contribution in [2.24, 2.45) is 5.92 Å². The Labute approximate surface area is 161 Å². The highest BCUT2D eigenvalue weighted by Gasteiger charge is 2.22. The molecule has 1 unspecified atom stereocenters. The van der Waals surface area contributed by atoms with E-state index in [0.717, 1.165) is 49.9 Å². The number of aromatic nitrogens is 1. The van der Waals surface area contributed by atoms with Crippen LogP contribution in [-0.2, 0) is 17.6 Å². The molecule has 0 saturated carbocycles. The Morgan fingerprint density at radius 1 is 1.44 bits per heavy atom. The van der Waals surface area contributed by atoms with Crippen molar-refractivity contribution in [3.05, 3.63) is 42.1 Å². The first-order valence-electron chi connectivity index (χ1n) is 9.98. The zero-order valence-corrected chi connectivity index (χ0v) is 16.4. The zero-order chi connectivity index (χ0) is 19.2. The number of fused-ring (bicyclic) bond motifs is 3. The molecule has 2 aromatic rings. The number of hydrogen-bond acceptors (Lipinski definition) is 3. The Morgan fingerprint density at radius 2 is 2.30 bits per heavy atom. The highest BCUT2D eigenvalue weighted by molar-refractivity contribution is 5.92. The molecule has 146 valence electrons. The predicted octanol–water partition coefficient (Wildman–Crippen LogP) is 4.79. The maximum Gasteiger partial charge on any atom is 0.411 e. The maximum atomic E-state index is 12.0. The molecule has 0 saturated heterocycles. The van der Waals surface area contributed by atoms with E-state index in [1.807, 2.05) is 18.2 Å². The van der Waals surface area contributed by atoms with Crippen LogP contribution in [0.15, 0.2) is 30.9 Å². The molecular weight excluding hydrogens is 338 g/mol. The topological polar surface area (TPSA) is 66.1 Å². The summed E-state index contributed by atoms with van der Waals surface area (Å²) in [5.74, 6) is 0.655. The van der Waals surface area contributed by atoms with E-state index in [0.29, 0.717) is 18.6 Å². The zero-order valence-electron chi connectivity index (χ0n) is 16.4. The van der Waals surface area contributed by atoms with Gasteiger partial charge in [-0.1, -0.05) is 19.9 Å². The lowest BCUT2D eigenvalue weighted by Crippen LogP contribution is -2.36. The fourth-order valence-electron chi connectivity index (χ4n) is 3.62. The summed E-state index contributed by atoms with van der Waals surface area (Å²) in [6.07, 6.45) is 6.32. The molecule has 1 heterocycles. The van der Waals surface area contributed by atoms with E-state index in [1.165, 1.54) is 16.6 Å². The van der Waals surface area contributed by atoms with Crippen molar-refractivity contribution in [1.29, 1.82) is 0 Å².